The number of hydrogen-bond acceptors (Lipinski definition) is 3. The highest BCUT2D eigenvalue weighted by atomic mass is 35.5. The highest BCUT2D eigenvalue weighted by Gasteiger charge is 2.36. The van der Waals surface area contributed by atoms with Gasteiger partial charge in [0.05, 0.1) is 6.54 Å². The van der Waals surface area contributed by atoms with E-state index < -0.39 is 0 Å². The second-order valence-corrected chi connectivity index (χ2v) is 5.75. The first-order valence-corrected chi connectivity index (χ1v) is 7.45. The molecule has 4 nitrogen and oxygen atoms in total. The van der Waals surface area contributed by atoms with Gasteiger partial charge < -0.3 is 10.2 Å². The van der Waals surface area contributed by atoms with Gasteiger partial charge in [-0.3, -0.25) is 9.69 Å². The van der Waals surface area contributed by atoms with Gasteiger partial charge in [0.25, 0.3) is 0 Å². The van der Waals surface area contributed by atoms with Gasteiger partial charge in [-0.1, -0.05) is 13.8 Å². The molecule has 1 amide bonds. The number of halogens is 1. The lowest BCUT2D eigenvalue weighted by Crippen LogP contribution is -2.41. The van der Waals surface area contributed by atoms with E-state index in [0.29, 0.717) is 12.5 Å². The van der Waals surface area contributed by atoms with E-state index in [1.807, 2.05) is 4.90 Å². The third-order valence-electron chi connectivity index (χ3n) is 4.16. The van der Waals surface area contributed by atoms with Gasteiger partial charge in [-0.15, -0.1) is 12.4 Å². The summed E-state index contributed by atoms with van der Waals surface area (Å²) in [7, 11) is 0. The fourth-order valence-electron chi connectivity index (χ4n) is 3.27. The normalized spacial score (nSPS) is 26.0. The van der Waals surface area contributed by atoms with Gasteiger partial charge in [0.15, 0.2) is 0 Å². The number of rotatable bonds is 6. The predicted molar refractivity (Wildman–Crippen MR) is 80.7 cm³/mol. The molecule has 2 aliphatic rings. The van der Waals surface area contributed by atoms with Crippen LogP contribution in [-0.2, 0) is 4.79 Å². The van der Waals surface area contributed by atoms with E-state index in [-0.39, 0.29) is 12.4 Å². The molecule has 19 heavy (non-hydrogen) atoms. The molecule has 0 spiro atoms. The highest BCUT2D eigenvalue weighted by molar-refractivity contribution is 5.85. The molecular formula is C14H28ClN3O. The lowest BCUT2D eigenvalue weighted by molar-refractivity contribution is -0.132. The van der Waals surface area contributed by atoms with E-state index in [1.165, 1.54) is 0 Å². The maximum atomic E-state index is 12.3. The van der Waals surface area contributed by atoms with Crippen LogP contribution in [0.4, 0.5) is 0 Å². The minimum absolute atomic E-state index is 0. The zero-order chi connectivity index (χ0) is 13.0. The topological polar surface area (TPSA) is 35.6 Å². The van der Waals surface area contributed by atoms with Crippen molar-refractivity contribution in [2.75, 3.05) is 45.8 Å². The van der Waals surface area contributed by atoms with Crippen molar-refractivity contribution < 1.29 is 4.79 Å². The van der Waals surface area contributed by atoms with Crippen LogP contribution in [0.15, 0.2) is 0 Å². The van der Waals surface area contributed by atoms with Gasteiger partial charge in [-0.25, -0.2) is 0 Å². The Labute approximate surface area is 123 Å². The Hall–Kier alpha value is -0.320. The molecule has 0 aromatic heterocycles. The van der Waals surface area contributed by atoms with E-state index in [9.17, 15) is 4.79 Å². The molecule has 0 aromatic rings. The van der Waals surface area contributed by atoms with Crippen molar-refractivity contribution in [3.63, 3.8) is 0 Å². The summed E-state index contributed by atoms with van der Waals surface area (Å²) < 4.78 is 0. The summed E-state index contributed by atoms with van der Waals surface area (Å²) in [6.07, 6.45) is 2.11. The summed E-state index contributed by atoms with van der Waals surface area (Å²) in [6, 6.07) is 0. The van der Waals surface area contributed by atoms with E-state index in [4.69, 9.17) is 0 Å². The van der Waals surface area contributed by atoms with Crippen molar-refractivity contribution in [1.82, 2.24) is 15.1 Å². The number of likely N-dealkylation sites (tertiary alicyclic amines) is 1. The Morgan fingerprint density at radius 3 is 2.16 bits per heavy atom. The third kappa shape index (κ3) is 4.33. The van der Waals surface area contributed by atoms with Crippen molar-refractivity contribution >= 4 is 18.3 Å². The summed E-state index contributed by atoms with van der Waals surface area (Å²) in [4.78, 5) is 16.7. The molecule has 112 valence electrons. The van der Waals surface area contributed by atoms with E-state index >= 15 is 0 Å². The standard InChI is InChI=1S/C14H27N3O.ClH/c1-3-5-17(6-4-2)14(18)11-16-9-12-7-15-8-13(12)10-16;/h12-13,15H,3-11H2,1-2H3;1H/t12-,13+;. The van der Waals surface area contributed by atoms with Gasteiger partial charge in [0.1, 0.15) is 0 Å². The summed E-state index contributed by atoms with van der Waals surface area (Å²) in [6.45, 7) is 11.2. The first kappa shape index (κ1) is 16.7. The summed E-state index contributed by atoms with van der Waals surface area (Å²) in [5, 5.41) is 3.44. The molecule has 0 aromatic carbocycles. The smallest absolute Gasteiger partial charge is 0.236 e. The first-order valence-electron chi connectivity index (χ1n) is 7.45. The van der Waals surface area contributed by atoms with Gasteiger partial charge in [-0.2, -0.15) is 0 Å². The van der Waals surface area contributed by atoms with Crippen LogP contribution in [0.25, 0.3) is 0 Å². The van der Waals surface area contributed by atoms with Crippen LogP contribution in [-0.4, -0.2) is 61.5 Å². The molecule has 2 saturated heterocycles. The number of carbonyl (C=O) groups is 1. The van der Waals surface area contributed by atoms with Crippen LogP contribution < -0.4 is 5.32 Å². The second-order valence-electron chi connectivity index (χ2n) is 5.75. The van der Waals surface area contributed by atoms with Crippen LogP contribution in [0.5, 0.6) is 0 Å². The van der Waals surface area contributed by atoms with Crippen molar-refractivity contribution in [2.24, 2.45) is 11.8 Å². The van der Waals surface area contributed by atoms with Crippen molar-refractivity contribution in [3.8, 4) is 0 Å². The molecule has 0 unspecified atom stereocenters. The Balaban J connectivity index is 0.00000180. The number of fused-ring (bicyclic) bond motifs is 1. The lowest BCUT2D eigenvalue weighted by atomic mass is 10.0. The second kappa shape index (κ2) is 8.08. The van der Waals surface area contributed by atoms with Crippen LogP contribution in [0.1, 0.15) is 26.7 Å². The average molecular weight is 290 g/mol. The quantitative estimate of drug-likeness (QED) is 0.798. The highest BCUT2D eigenvalue weighted by Crippen LogP contribution is 2.25. The van der Waals surface area contributed by atoms with Crippen molar-refractivity contribution in [3.05, 3.63) is 0 Å². The Morgan fingerprint density at radius 2 is 1.68 bits per heavy atom. The number of nitrogens with zero attached hydrogens (tertiary/aromatic N) is 2. The molecular weight excluding hydrogens is 262 g/mol. The van der Waals surface area contributed by atoms with E-state index in [0.717, 1.165) is 63.9 Å². The number of carbonyl (C=O) groups excluding carboxylic acids is 1. The SMILES string of the molecule is CCCN(CCC)C(=O)CN1C[C@H]2CNC[C@H]2C1.Cl. The molecule has 2 heterocycles. The van der Waals surface area contributed by atoms with E-state index in [1.54, 1.807) is 0 Å². The maximum absolute atomic E-state index is 12.3. The minimum atomic E-state index is 0. The molecule has 2 atom stereocenters. The number of amides is 1. The molecule has 2 rings (SSSR count). The Morgan fingerprint density at radius 1 is 1.16 bits per heavy atom. The average Bonchev–Trinajstić information content (AvgIpc) is 2.89. The minimum Gasteiger partial charge on any atom is -0.342 e. The molecule has 2 aliphatic heterocycles. The molecule has 0 aliphatic carbocycles. The molecule has 0 bridgehead atoms. The van der Waals surface area contributed by atoms with Crippen LogP contribution in [0.3, 0.4) is 0 Å². The first-order chi connectivity index (χ1) is 8.74. The van der Waals surface area contributed by atoms with Gasteiger partial charge in [0, 0.05) is 26.2 Å². The predicted octanol–water partition coefficient (Wildman–Crippen LogP) is 1.21. The molecule has 0 saturated carbocycles. The van der Waals surface area contributed by atoms with Crippen molar-refractivity contribution in [2.45, 2.75) is 26.7 Å². The lowest BCUT2D eigenvalue weighted by Gasteiger charge is -2.25. The fourth-order valence-corrected chi connectivity index (χ4v) is 3.27. The zero-order valence-electron chi connectivity index (χ0n) is 12.2. The number of hydrogen-bond donors (Lipinski definition) is 1. The number of nitrogens with one attached hydrogen (secondary N) is 1. The molecule has 1 N–H and O–H groups in total. The molecule has 0 radical (unpaired) electrons. The molecule has 2 fully saturated rings. The van der Waals surface area contributed by atoms with Gasteiger partial charge in [0.2, 0.25) is 5.91 Å². The summed E-state index contributed by atoms with van der Waals surface area (Å²) in [5.74, 6) is 1.89. The Kier molecular flexibility index (Phi) is 7.11. The monoisotopic (exact) mass is 289 g/mol. The zero-order valence-corrected chi connectivity index (χ0v) is 13.0. The van der Waals surface area contributed by atoms with Crippen LogP contribution >= 0.6 is 12.4 Å². The van der Waals surface area contributed by atoms with Gasteiger partial charge >= 0.3 is 0 Å². The van der Waals surface area contributed by atoms with E-state index in [2.05, 4.69) is 24.1 Å². The van der Waals surface area contributed by atoms with Crippen molar-refractivity contribution in [1.29, 1.82) is 0 Å². The molecule has 5 heteroatoms. The summed E-state index contributed by atoms with van der Waals surface area (Å²) >= 11 is 0. The van der Waals surface area contributed by atoms with Crippen LogP contribution in [0, 0.1) is 11.8 Å². The summed E-state index contributed by atoms with van der Waals surface area (Å²) in [5.41, 5.74) is 0. The fraction of sp³-hybridized carbons (Fsp3) is 0.929. The third-order valence-corrected chi connectivity index (χ3v) is 4.16. The van der Waals surface area contributed by atoms with Crippen LogP contribution in [0.2, 0.25) is 0 Å². The Bertz CT molecular complexity index is 270. The largest absolute Gasteiger partial charge is 0.342 e. The maximum Gasteiger partial charge on any atom is 0.236 e. The van der Waals surface area contributed by atoms with Gasteiger partial charge in [-0.05, 0) is 37.8 Å².